The Kier molecular flexibility index (Phi) is 3.39. The zero-order chi connectivity index (χ0) is 10.7. The Labute approximate surface area is 95.1 Å². The zero-order valence-corrected chi connectivity index (χ0v) is 10.1. The molecule has 0 fully saturated rings. The molecule has 0 spiro atoms. The van der Waals surface area contributed by atoms with Crippen LogP contribution in [0.5, 0.6) is 0 Å². The van der Waals surface area contributed by atoms with Crippen molar-refractivity contribution in [2.75, 3.05) is 0 Å². The highest BCUT2D eigenvalue weighted by atomic mass is 32.1. The fraction of sp³-hybridized carbons (Fsp3) is 0.385. The predicted molar refractivity (Wildman–Crippen MR) is 68.4 cm³/mol. The number of nitrogens with one attached hydrogen (secondary N) is 1. The number of thiophene rings is 1. The topological polar surface area (TPSA) is 12.0 Å². The fourth-order valence-corrected chi connectivity index (χ4v) is 2.56. The maximum atomic E-state index is 3.53. The van der Waals surface area contributed by atoms with Crippen molar-refractivity contribution in [2.24, 2.45) is 0 Å². The molecule has 0 bridgehead atoms. The van der Waals surface area contributed by atoms with E-state index in [1.54, 1.807) is 0 Å². The molecule has 2 heteroatoms. The second-order valence-corrected chi connectivity index (χ2v) is 4.86. The average Bonchev–Trinajstić information content (AvgIpc) is 2.69. The van der Waals surface area contributed by atoms with Gasteiger partial charge in [0.15, 0.2) is 0 Å². The average molecular weight is 219 g/mol. The van der Waals surface area contributed by atoms with E-state index in [2.05, 4.69) is 48.8 Å². The minimum atomic E-state index is 0.601. The van der Waals surface area contributed by atoms with Gasteiger partial charge in [-0.05, 0) is 35.7 Å². The van der Waals surface area contributed by atoms with Crippen LogP contribution in [-0.4, -0.2) is 6.04 Å². The number of hydrogen-bond donors (Lipinski definition) is 1. The maximum Gasteiger partial charge on any atom is 0.0346 e. The number of hydrogen-bond acceptors (Lipinski definition) is 2. The van der Waals surface area contributed by atoms with Gasteiger partial charge in [-0.2, -0.15) is 0 Å². The van der Waals surface area contributed by atoms with Gasteiger partial charge in [0.25, 0.3) is 0 Å². The molecule has 1 aromatic carbocycles. The van der Waals surface area contributed by atoms with Crippen LogP contribution in [0.3, 0.4) is 0 Å². The van der Waals surface area contributed by atoms with E-state index in [4.69, 9.17) is 0 Å². The van der Waals surface area contributed by atoms with Crippen molar-refractivity contribution in [1.29, 1.82) is 0 Å². The van der Waals surface area contributed by atoms with Crippen LogP contribution in [-0.2, 0) is 6.54 Å². The SMILES string of the molecule is CCC(C)NCc1csc2ccccc12. The summed E-state index contributed by atoms with van der Waals surface area (Å²) in [5.41, 5.74) is 1.43. The van der Waals surface area contributed by atoms with Gasteiger partial charge in [0.05, 0.1) is 0 Å². The first-order valence-electron chi connectivity index (χ1n) is 5.49. The Hall–Kier alpha value is -0.860. The molecule has 0 saturated heterocycles. The van der Waals surface area contributed by atoms with Gasteiger partial charge < -0.3 is 5.32 Å². The molecule has 2 rings (SSSR count). The number of fused-ring (bicyclic) bond motifs is 1. The lowest BCUT2D eigenvalue weighted by Crippen LogP contribution is -2.24. The van der Waals surface area contributed by atoms with Gasteiger partial charge >= 0.3 is 0 Å². The quantitative estimate of drug-likeness (QED) is 0.825. The summed E-state index contributed by atoms with van der Waals surface area (Å²) in [6, 6.07) is 9.21. The first-order chi connectivity index (χ1) is 7.31. The third-order valence-corrected chi connectivity index (χ3v) is 3.83. The lowest BCUT2D eigenvalue weighted by molar-refractivity contribution is 0.536. The lowest BCUT2D eigenvalue weighted by Gasteiger charge is -2.10. The standard InChI is InChI=1S/C13H17NS/c1-3-10(2)14-8-11-9-15-13-7-5-4-6-12(11)13/h4-7,9-10,14H,3,8H2,1-2H3. The fourth-order valence-electron chi connectivity index (χ4n) is 1.60. The van der Waals surface area contributed by atoms with Gasteiger partial charge in [-0.15, -0.1) is 11.3 Å². The van der Waals surface area contributed by atoms with E-state index in [-0.39, 0.29) is 0 Å². The smallest absolute Gasteiger partial charge is 0.0346 e. The summed E-state index contributed by atoms with van der Waals surface area (Å²) >= 11 is 1.83. The normalized spacial score (nSPS) is 13.2. The summed E-state index contributed by atoms with van der Waals surface area (Å²) in [5.74, 6) is 0. The highest BCUT2D eigenvalue weighted by molar-refractivity contribution is 7.17. The van der Waals surface area contributed by atoms with E-state index in [1.807, 2.05) is 11.3 Å². The van der Waals surface area contributed by atoms with Crippen LogP contribution in [0, 0.1) is 0 Å². The molecule has 0 saturated carbocycles. The van der Waals surface area contributed by atoms with Crippen LogP contribution in [0.25, 0.3) is 10.1 Å². The van der Waals surface area contributed by atoms with Crippen LogP contribution in [0.4, 0.5) is 0 Å². The van der Waals surface area contributed by atoms with E-state index < -0.39 is 0 Å². The molecular formula is C13H17NS. The molecule has 1 N–H and O–H groups in total. The van der Waals surface area contributed by atoms with Gasteiger partial charge in [-0.3, -0.25) is 0 Å². The van der Waals surface area contributed by atoms with Crippen molar-refractivity contribution >= 4 is 21.4 Å². The summed E-state index contributed by atoms with van der Waals surface area (Å²) in [5, 5.41) is 7.20. The monoisotopic (exact) mass is 219 g/mol. The Morgan fingerprint density at radius 3 is 2.93 bits per heavy atom. The second-order valence-electron chi connectivity index (χ2n) is 3.95. The molecule has 1 aromatic heterocycles. The van der Waals surface area contributed by atoms with Gasteiger partial charge in [0, 0.05) is 17.3 Å². The summed E-state index contributed by atoms with van der Waals surface area (Å²) in [7, 11) is 0. The predicted octanol–water partition coefficient (Wildman–Crippen LogP) is 3.79. The van der Waals surface area contributed by atoms with E-state index in [9.17, 15) is 0 Å². The molecular weight excluding hydrogens is 202 g/mol. The Morgan fingerprint density at radius 1 is 1.33 bits per heavy atom. The molecule has 0 radical (unpaired) electrons. The number of benzene rings is 1. The molecule has 15 heavy (non-hydrogen) atoms. The molecule has 1 heterocycles. The van der Waals surface area contributed by atoms with Crippen molar-refractivity contribution in [3.8, 4) is 0 Å². The van der Waals surface area contributed by atoms with E-state index in [0.717, 1.165) is 6.54 Å². The molecule has 0 aliphatic carbocycles. The molecule has 1 nitrogen and oxygen atoms in total. The number of rotatable bonds is 4. The molecule has 80 valence electrons. The molecule has 1 unspecified atom stereocenters. The molecule has 0 amide bonds. The highest BCUT2D eigenvalue weighted by Gasteiger charge is 2.04. The maximum absolute atomic E-state index is 3.53. The first kappa shape index (κ1) is 10.7. The van der Waals surface area contributed by atoms with Crippen molar-refractivity contribution in [3.05, 3.63) is 35.2 Å². The summed E-state index contributed by atoms with van der Waals surface area (Å²) in [6.07, 6.45) is 1.18. The van der Waals surface area contributed by atoms with Crippen LogP contribution >= 0.6 is 11.3 Å². The second kappa shape index (κ2) is 4.77. The summed E-state index contributed by atoms with van der Waals surface area (Å²) in [4.78, 5) is 0. The molecule has 0 aliphatic rings. The largest absolute Gasteiger partial charge is 0.310 e. The molecule has 2 aromatic rings. The van der Waals surface area contributed by atoms with Gasteiger partial charge in [0.2, 0.25) is 0 Å². The minimum Gasteiger partial charge on any atom is -0.310 e. The third-order valence-electron chi connectivity index (χ3n) is 2.81. The van der Waals surface area contributed by atoms with Gasteiger partial charge in [0.1, 0.15) is 0 Å². The Bertz CT molecular complexity index is 433. The van der Waals surface area contributed by atoms with E-state index in [0.29, 0.717) is 6.04 Å². The minimum absolute atomic E-state index is 0.601. The van der Waals surface area contributed by atoms with Crippen molar-refractivity contribution in [1.82, 2.24) is 5.32 Å². The lowest BCUT2D eigenvalue weighted by atomic mass is 10.1. The van der Waals surface area contributed by atoms with Crippen molar-refractivity contribution < 1.29 is 0 Å². The van der Waals surface area contributed by atoms with Crippen LogP contribution in [0.15, 0.2) is 29.6 Å². The van der Waals surface area contributed by atoms with E-state index >= 15 is 0 Å². The van der Waals surface area contributed by atoms with Crippen LogP contribution < -0.4 is 5.32 Å². The third kappa shape index (κ3) is 2.39. The van der Waals surface area contributed by atoms with Crippen LogP contribution in [0.2, 0.25) is 0 Å². The molecule has 1 atom stereocenters. The summed E-state index contributed by atoms with van der Waals surface area (Å²) < 4.78 is 1.39. The van der Waals surface area contributed by atoms with Crippen LogP contribution in [0.1, 0.15) is 25.8 Å². The zero-order valence-electron chi connectivity index (χ0n) is 9.29. The first-order valence-corrected chi connectivity index (χ1v) is 6.37. The molecule has 0 aliphatic heterocycles. The Morgan fingerprint density at radius 2 is 2.13 bits per heavy atom. The van der Waals surface area contributed by atoms with Crippen molar-refractivity contribution in [3.63, 3.8) is 0 Å². The van der Waals surface area contributed by atoms with Gasteiger partial charge in [-0.1, -0.05) is 25.1 Å². The Balaban J connectivity index is 2.14. The summed E-state index contributed by atoms with van der Waals surface area (Å²) in [6.45, 7) is 5.43. The van der Waals surface area contributed by atoms with Crippen molar-refractivity contribution in [2.45, 2.75) is 32.9 Å². The van der Waals surface area contributed by atoms with E-state index in [1.165, 1.54) is 22.1 Å². The highest BCUT2D eigenvalue weighted by Crippen LogP contribution is 2.25. The van der Waals surface area contributed by atoms with Gasteiger partial charge in [-0.25, -0.2) is 0 Å².